The molecule has 2 N–H and O–H groups in total. The van der Waals surface area contributed by atoms with Crippen molar-refractivity contribution in [3.8, 4) is 16.9 Å². The number of ether oxygens (including phenoxy) is 2. The third kappa shape index (κ3) is 3.29. The van der Waals surface area contributed by atoms with Crippen molar-refractivity contribution in [3.63, 3.8) is 0 Å². The van der Waals surface area contributed by atoms with Crippen LogP contribution in [0.3, 0.4) is 0 Å². The van der Waals surface area contributed by atoms with Crippen molar-refractivity contribution in [1.82, 2.24) is 4.98 Å². The van der Waals surface area contributed by atoms with Gasteiger partial charge < -0.3 is 15.2 Å². The number of methoxy groups -OCH3 is 1. The molecular weight excluding hydrogens is 356 g/mol. The number of fused-ring (bicyclic) bond motifs is 1. The predicted octanol–water partition coefficient (Wildman–Crippen LogP) is 4.45. The van der Waals surface area contributed by atoms with E-state index in [2.05, 4.69) is 4.98 Å². The molecule has 25 heavy (non-hydrogen) atoms. The van der Waals surface area contributed by atoms with Crippen molar-refractivity contribution >= 4 is 45.0 Å². The molecule has 3 rings (SSSR count). The number of rotatable bonds is 5. The molecule has 0 saturated carbocycles. The van der Waals surface area contributed by atoms with E-state index in [4.69, 9.17) is 15.2 Å². The van der Waals surface area contributed by atoms with Crippen LogP contribution >= 0.6 is 23.1 Å². The van der Waals surface area contributed by atoms with Gasteiger partial charge in [0.15, 0.2) is 0 Å². The number of benzene rings is 1. The van der Waals surface area contributed by atoms with Gasteiger partial charge >= 0.3 is 5.97 Å². The zero-order valence-electron chi connectivity index (χ0n) is 14.2. The Balaban J connectivity index is 2.27. The fourth-order valence-electron chi connectivity index (χ4n) is 2.57. The maximum Gasteiger partial charge on any atom is 0.350 e. The molecule has 1 aromatic carbocycles. The minimum atomic E-state index is -0.412. The third-order valence-corrected chi connectivity index (χ3v) is 5.43. The lowest BCUT2D eigenvalue weighted by Gasteiger charge is -2.09. The maximum absolute atomic E-state index is 12.2. The van der Waals surface area contributed by atoms with E-state index in [-0.39, 0.29) is 0 Å². The summed E-state index contributed by atoms with van der Waals surface area (Å²) in [5.41, 5.74) is 8.60. The molecule has 0 aliphatic heterocycles. The second-order valence-corrected chi connectivity index (χ2v) is 7.02. The normalized spacial score (nSPS) is 10.8. The number of nitrogens with zero attached hydrogens (tertiary/aromatic N) is 1. The molecule has 0 aliphatic carbocycles. The number of hydrogen-bond acceptors (Lipinski definition) is 7. The Bertz CT molecular complexity index is 937. The summed E-state index contributed by atoms with van der Waals surface area (Å²) in [4.78, 5) is 17.9. The molecule has 0 aliphatic rings. The van der Waals surface area contributed by atoms with Crippen LogP contribution in [0.15, 0.2) is 35.4 Å². The van der Waals surface area contributed by atoms with Crippen LogP contribution in [0.4, 0.5) is 5.69 Å². The number of nitrogen functional groups attached to an aromatic ring is 1. The van der Waals surface area contributed by atoms with Gasteiger partial charge in [-0.1, -0.05) is 12.1 Å². The number of anilines is 1. The summed E-state index contributed by atoms with van der Waals surface area (Å²) < 4.78 is 10.4. The quantitative estimate of drug-likeness (QED) is 0.525. The average Bonchev–Trinajstić information content (AvgIpc) is 2.98. The lowest BCUT2D eigenvalue weighted by molar-refractivity contribution is 0.0533. The van der Waals surface area contributed by atoms with Gasteiger partial charge in [-0.3, -0.25) is 0 Å². The Morgan fingerprint density at radius 2 is 2.16 bits per heavy atom. The largest absolute Gasteiger partial charge is 0.497 e. The first-order valence-electron chi connectivity index (χ1n) is 7.67. The molecule has 2 heterocycles. The minimum Gasteiger partial charge on any atom is -0.497 e. The van der Waals surface area contributed by atoms with E-state index in [1.165, 1.54) is 11.3 Å². The van der Waals surface area contributed by atoms with Gasteiger partial charge in [0, 0.05) is 5.39 Å². The minimum absolute atomic E-state index is 0.304. The van der Waals surface area contributed by atoms with Crippen molar-refractivity contribution < 1.29 is 14.3 Å². The molecule has 0 fully saturated rings. The molecule has 0 spiro atoms. The van der Waals surface area contributed by atoms with Crippen LogP contribution in [-0.4, -0.2) is 30.9 Å². The van der Waals surface area contributed by atoms with E-state index in [1.807, 2.05) is 36.6 Å². The van der Waals surface area contributed by atoms with Crippen LogP contribution < -0.4 is 10.5 Å². The number of nitrogens with two attached hydrogens (primary N) is 1. The van der Waals surface area contributed by atoms with Gasteiger partial charge in [-0.2, -0.15) is 0 Å². The van der Waals surface area contributed by atoms with Crippen LogP contribution in [0, 0.1) is 0 Å². The van der Waals surface area contributed by atoms with E-state index in [0.29, 0.717) is 17.2 Å². The molecular formula is C18H18N2O3S2. The van der Waals surface area contributed by atoms with Gasteiger partial charge in [0.2, 0.25) is 0 Å². The van der Waals surface area contributed by atoms with E-state index in [1.54, 1.807) is 25.8 Å². The zero-order chi connectivity index (χ0) is 18.0. The Morgan fingerprint density at radius 3 is 2.84 bits per heavy atom. The first-order chi connectivity index (χ1) is 12.1. The molecule has 0 atom stereocenters. The highest BCUT2D eigenvalue weighted by molar-refractivity contribution is 7.98. The van der Waals surface area contributed by atoms with Gasteiger partial charge in [0.1, 0.15) is 15.5 Å². The molecule has 0 radical (unpaired) electrons. The summed E-state index contributed by atoms with van der Waals surface area (Å²) in [6.07, 6.45) is 1.97. The van der Waals surface area contributed by atoms with E-state index < -0.39 is 5.97 Å². The molecule has 0 unspecified atom stereocenters. The molecule has 0 amide bonds. The van der Waals surface area contributed by atoms with Crippen molar-refractivity contribution in [3.05, 3.63) is 35.2 Å². The van der Waals surface area contributed by atoms with Gasteiger partial charge in [-0.05, 0) is 42.5 Å². The molecule has 3 aromatic rings. The van der Waals surface area contributed by atoms with Crippen LogP contribution in [-0.2, 0) is 4.74 Å². The fourth-order valence-corrected chi connectivity index (χ4v) is 4.06. The van der Waals surface area contributed by atoms with Crippen molar-refractivity contribution in [2.24, 2.45) is 0 Å². The van der Waals surface area contributed by atoms with Gasteiger partial charge in [-0.15, -0.1) is 23.1 Å². The summed E-state index contributed by atoms with van der Waals surface area (Å²) >= 11 is 2.81. The molecule has 7 heteroatoms. The molecule has 130 valence electrons. The zero-order valence-corrected chi connectivity index (χ0v) is 15.8. The lowest BCUT2D eigenvalue weighted by Crippen LogP contribution is -2.04. The molecule has 2 aromatic heterocycles. The topological polar surface area (TPSA) is 74.4 Å². The molecule has 0 bridgehead atoms. The van der Waals surface area contributed by atoms with Crippen molar-refractivity contribution in [2.75, 3.05) is 25.7 Å². The van der Waals surface area contributed by atoms with Crippen LogP contribution in [0.2, 0.25) is 0 Å². The smallest absolute Gasteiger partial charge is 0.350 e. The fraction of sp³-hybridized carbons (Fsp3) is 0.222. The highest BCUT2D eigenvalue weighted by Crippen LogP contribution is 2.41. The summed E-state index contributed by atoms with van der Waals surface area (Å²) in [5.74, 6) is 0.345. The number of aromatic nitrogens is 1. The lowest BCUT2D eigenvalue weighted by atomic mass is 10.0. The van der Waals surface area contributed by atoms with Crippen LogP contribution in [0.25, 0.3) is 21.3 Å². The molecule has 5 nitrogen and oxygen atoms in total. The number of pyridine rings is 1. The van der Waals surface area contributed by atoms with Gasteiger partial charge in [-0.25, -0.2) is 9.78 Å². The first kappa shape index (κ1) is 17.6. The van der Waals surface area contributed by atoms with Gasteiger partial charge in [0.05, 0.1) is 24.4 Å². The Morgan fingerprint density at radius 1 is 1.36 bits per heavy atom. The highest BCUT2D eigenvalue weighted by Gasteiger charge is 2.22. The number of thioether (sulfide) groups is 1. The SMILES string of the molecule is CCOC(=O)c1sc2nc(SC)cc(-c3cccc(OC)c3)c2c1N. The maximum atomic E-state index is 12.2. The summed E-state index contributed by atoms with van der Waals surface area (Å²) in [6, 6.07) is 9.73. The highest BCUT2D eigenvalue weighted by atomic mass is 32.2. The number of carbonyl (C=O) groups is 1. The monoisotopic (exact) mass is 374 g/mol. The Hall–Kier alpha value is -2.25. The van der Waals surface area contributed by atoms with Gasteiger partial charge in [0.25, 0.3) is 0 Å². The summed E-state index contributed by atoms with van der Waals surface area (Å²) in [7, 11) is 1.63. The summed E-state index contributed by atoms with van der Waals surface area (Å²) in [6.45, 7) is 2.08. The first-order valence-corrected chi connectivity index (χ1v) is 9.71. The van der Waals surface area contributed by atoms with Crippen LogP contribution in [0.5, 0.6) is 5.75 Å². The number of hydrogen-bond donors (Lipinski definition) is 1. The van der Waals surface area contributed by atoms with Crippen molar-refractivity contribution in [1.29, 1.82) is 0 Å². The number of carbonyl (C=O) groups excluding carboxylic acids is 1. The Labute approximate surface area is 154 Å². The predicted molar refractivity (Wildman–Crippen MR) is 104 cm³/mol. The van der Waals surface area contributed by atoms with E-state index in [0.717, 1.165) is 32.1 Å². The Kier molecular flexibility index (Phi) is 5.15. The number of thiophene rings is 1. The molecule has 0 saturated heterocycles. The second kappa shape index (κ2) is 7.33. The standard InChI is InChI=1S/C18H18N2O3S2/c1-4-23-18(21)16-15(19)14-12(9-13(24-3)20-17(14)25-16)10-6-5-7-11(8-10)22-2/h5-9H,4,19H2,1-3H3. The summed E-state index contributed by atoms with van der Waals surface area (Å²) in [5, 5.41) is 1.64. The van der Waals surface area contributed by atoms with E-state index in [9.17, 15) is 4.79 Å². The second-order valence-electron chi connectivity index (χ2n) is 5.19. The average molecular weight is 374 g/mol. The van der Waals surface area contributed by atoms with Crippen molar-refractivity contribution in [2.45, 2.75) is 11.9 Å². The third-order valence-electron chi connectivity index (χ3n) is 3.73. The number of esters is 1. The van der Waals surface area contributed by atoms with E-state index >= 15 is 0 Å². The van der Waals surface area contributed by atoms with Crippen LogP contribution in [0.1, 0.15) is 16.6 Å².